The molecule has 0 spiro atoms. The maximum Gasteiger partial charge on any atom is 0.233 e. The van der Waals surface area contributed by atoms with Gasteiger partial charge in [0, 0.05) is 17.3 Å². The lowest BCUT2D eigenvalue weighted by molar-refractivity contribution is -0.130. The number of carbonyl (C=O) groups is 1. The molecule has 3 atom stereocenters. The molecule has 226 valence electrons. The van der Waals surface area contributed by atoms with Gasteiger partial charge in [0.2, 0.25) is 5.91 Å². The van der Waals surface area contributed by atoms with E-state index >= 15 is 4.39 Å². The van der Waals surface area contributed by atoms with Crippen LogP contribution in [-0.4, -0.2) is 25.6 Å². The van der Waals surface area contributed by atoms with Crippen molar-refractivity contribution in [2.24, 2.45) is 5.92 Å². The van der Waals surface area contributed by atoms with Gasteiger partial charge in [-0.25, -0.2) is 13.2 Å². The number of rotatable bonds is 13. The van der Waals surface area contributed by atoms with Gasteiger partial charge in [-0.15, -0.1) is 0 Å². The lowest BCUT2D eigenvalue weighted by Gasteiger charge is -2.48. The van der Waals surface area contributed by atoms with Crippen LogP contribution in [0.25, 0.3) is 0 Å². The number of ether oxygens (including phenoxy) is 1. The van der Waals surface area contributed by atoms with Crippen molar-refractivity contribution in [3.8, 4) is 5.75 Å². The second-order valence-electron chi connectivity index (χ2n) is 12.6. The predicted molar refractivity (Wildman–Crippen MR) is 164 cm³/mol. The minimum Gasteiger partial charge on any atom is -0.493 e. The summed E-state index contributed by atoms with van der Waals surface area (Å²) < 4.78 is 48.8. The van der Waals surface area contributed by atoms with Gasteiger partial charge in [0.05, 0.1) is 18.6 Å². The molecule has 4 nitrogen and oxygen atoms in total. The topological polar surface area (TPSA) is 49.8 Å². The van der Waals surface area contributed by atoms with Gasteiger partial charge in [0.25, 0.3) is 0 Å². The lowest BCUT2D eigenvalue weighted by atomic mass is 9.75. The van der Waals surface area contributed by atoms with E-state index in [1.165, 1.54) is 42.5 Å². The van der Waals surface area contributed by atoms with Crippen molar-refractivity contribution >= 4 is 19.9 Å². The van der Waals surface area contributed by atoms with Crippen LogP contribution in [0.1, 0.15) is 76.0 Å². The molecule has 3 aromatic rings. The van der Waals surface area contributed by atoms with Crippen molar-refractivity contribution in [2.75, 3.05) is 11.5 Å². The molecule has 1 aliphatic heterocycles. The summed E-state index contributed by atoms with van der Waals surface area (Å²) >= 11 is 0. The van der Waals surface area contributed by atoms with Crippen LogP contribution in [0.5, 0.6) is 5.75 Å². The Labute approximate surface area is 248 Å². The highest BCUT2D eigenvalue weighted by molar-refractivity contribution is 6.72. The third-order valence-corrected chi connectivity index (χ3v) is 12.5. The number of benzene rings is 3. The van der Waals surface area contributed by atoms with Crippen LogP contribution < -0.4 is 9.64 Å². The number of amides is 1. The molecule has 1 N–H and O–H groups in total. The molecule has 8 heteroatoms. The van der Waals surface area contributed by atoms with Crippen LogP contribution in [0.15, 0.2) is 66.7 Å². The Morgan fingerprint density at radius 3 is 2.17 bits per heavy atom. The SMILES string of the molecule is CCCCOc1ccc(C2C(CCC(CC(C)(C)[Si](C)(C)O)c3ccc(F)cc3)C(=O)N2c2ccc(F)cc2)c(F)c1. The molecule has 42 heavy (non-hydrogen) atoms. The average Bonchev–Trinajstić information content (AvgIpc) is 2.92. The van der Waals surface area contributed by atoms with E-state index in [4.69, 9.17) is 4.74 Å². The van der Waals surface area contributed by atoms with Crippen LogP contribution in [-0.2, 0) is 4.79 Å². The monoisotopic (exact) mass is 597 g/mol. The van der Waals surface area contributed by atoms with Crippen LogP contribution in [0.2, 0.25) is 18.1 Å². The first kappa shape index (κ1) is 31.8. The third-order valence-electron chi connectivity index (χ3n) is 8.96. The zero-order chi connectivity index (χ0) is 30.7. The number of unbranched alkanes of at least 4 members (excludes halogenated alkanes) is 1. The molecule has 0 bridgehead atoms. The second-order valence-corrected chi connectivity index (χ2v) is 17.1. The Bertz CT molecular complexity index is 1360. The van der Waals surface area contributed by atoms with E-state index in [0.29, 0.717) is 42.9 Å². The van der Waals surface area contributed by atoms with E-state index in [0.717, 1.165) is 18.4 Å². The first-order chi connectivity index (χ1) is 19.8. The molecule has 1 saturated heterocycles. The van der Waals surface area contributed by atoms with Gasteiger partial charge in [0.15, 0.2) is 8.32 Å². The highest BCUT2D eigenvalue weighted by atomic mass is 28.4. The summed E-state index contributed by atoms with van der Waals surface area (Å²) in [7, 11) is -2.55. The number of halogens is 3. The Morgan fingerprint density at radius 2 is 1.60 bits per heavy atom. The van der Waals surface area contributed by atoms with E-state index < -0.39 is 31.9 Å². The molecule has 0 radical (unpaired) electrons. The number of anilines is 1. The summed E-state index contributed by atoms with van der Waals surface area (Å²) in [6, 6.07) is 16.3. The molecular weight excluding hydrogens is 555 g/mol. The molecule has 3 unspecified atom stereocenters. The minimum absolute atomic E-state index is 0.0352. The molecule has 0 aliphatic carbocycles. The average molecular weight is 598 g/mol. The molecule has 1 aliphatic rings. The minimum atomic E-state index is -2.55. The fraction of sp³-hybridized carbons (Fsp3) is 0.441. The molecule has 0 aromatic heterocycles. The van der Waals surface area contributed by atoms with Gasteiger partial charge >= 0.3 is 0 Å². The van der Waals surface area contributed by atoms with Crippen molar-refractivity contribution < 1.29 is 27.5 Å². The highest BCUT2D eigenvalue weighted by Gasteiger charge is 2.50. The predicted octanol–water partition coefficient (Wildman–Crippen LogP) is 8.92. The fourth-order valence-corrected chi connectivity index (χ4v) is 6.36. The second kappa shape index (κ2) is 13.0. The number of hydrogen-bond donors (Lipinski definition) is 1. The molecule has 4 rings (SSSR count). The number of carbonyl (C=O) groups excluding carboxylic acids is 1. The first-order valence-corrected chi connectivity index (χ1v) is 17.8. The van der Waals surface area contributed by atoms with Gasteiger partial charge in [-0.05, 0) is 97.8 Å². The largest absolute Gasteiger partial charge is 0.493 e. The van der Waals surface area contributed by atoms with Gasteiger partial charge in [-0.2, -0.15) is 0 Å². The summed E-state index contributed by atoms with van der Waals surface area (Å²) in [5.74, 6) is -1.44. The summed E-state index contributed by atoms with van der Waals surface area (Å²) in [6.07, 6.45) is 3.57. The fourth-order valence-electron chi connectivity index (χ4n) is 5.62. The van der Waals surface area contributed by atoms with E-state index in [1.54, 1.807) is 29.2 Å². The van der Waals surface area contributed by atoms with E-state index in [1.807, 2.05) is 13.1 Å². The maximum absolute atomic E-state index is 15.6. The zero-order valence-corrected chi connectivity index (χ0v) is 26.2. The Hall–Kier alpha value is -3.10. The standard InChI is InChI=1S/C34H42F3NO3Si/c1-6-7-20-41-28-17-19-29(31(37)21-28)32-30(33(39)38(32)27-15-13-26(36)14-16-27)18-10-24(22-34(2,3)42(4,5)40)23-8-11-25(35)12-9-23/h8-9,11-17,19,21,24,30,32,40H,6-7,10,18,20,22H2,1-5H3. The van der Waals surface area contributed by atoms with E-state index in [9.17, 15) is 18.4 Å². The number of hydrogen-bond acceptors (Lipinski definition) is 3. The molecular formula is C34H42F3NO3Si. The van der Waals surface area contributed by atoms with E-state index in [2.05, 4.69) is 20.8 Å². The van der Waals surface area contributed by atoms with Crippen LogP contribution in [0.3, 0.4) is 0 Å². The van der Waals surface area contributed by atoms with Gasteiger partial charge in [-0.3, -0.25) is 4.79 Å². The van der Waals surface area contributed by atoms with Crippen LogP contribution in [0.4, 0.5) is 18.9 Å². The van der Waals surface area contributed by atoms with Crippen molar-refractivity contribution in [2.45, 2.75) is 83.0 Å². The number of nitrogens with zero attached hydrogens (tertiary/aromatic N) is 1. The third kappa shape index (κ3) is 7.09. The van der Waals surface area contributed by atoms with Gasteiger partial charge in [-0.1, -0.05) is 45.4 Å². The number of β-lactam (4-membered cyclic amide) rings is 1. The molecule has 1 heterocycles. The Kier molecular flexibility index (Phi) is 9.88. The summed E-state index contributed by atoms with van der Waals surface area (Å²) in [5.41, 5.74) is 1.84. The smallest absolute Gasteiger partial charge is 0.233 e. The van der Waals surface area contributed by atoms with Crippen LogP contribution >= 0.6 is 0 Å². The van der Waals surface area contributed by atoms with Crippen molar-refractivity contribution in [1.82, 2.24) is 0 Å². The van der Waals surface area contributed by atoms with Gasteiger partial charge < -0.3 is 14.4 Å². The van der Waals surface area contributed by atoms with Gasteiger partial charge in [0.1, 0.15) is 23.2 Å². The van der Waals surface area contributed by atoms with Crippen molar-refractivity contribution in [3.63, 3.8) is 0 Å². The summed E-state index contributed by atoms with van der Waals surface area (Å²) in [6.45, 7) is 10.5. The first-order valence-electron chi connectivity index (χ1n) is 14.8. The summed E-state index contributed by atoms with van der Waals surface area (Å²) in [4.78, 5) is 26.2. The quantitative estimate of drug-likeness (QED) is 0.122. The lowest BCUT2D eigenvalue weighted by Crippen LogP contribution is -2.55. The van der Waals surface area contributed by atoms with E-state index in [-0.39, 0.29) is 22.7 Å². The molecule has 1 amide bonds. The normalized spacial score (nSPS) is 18.1. The molecule has 0 saturated carbocycles. The maximum atomic E-state index is 15.6. The highest BCUT2D eigenvalue weighted by Crippen LogP contribution is 2.50. The van der Waals surface area contributed by atoms with Crippen LogP contribution in [0, 0.1) is 23.4 Å². The molecule has 1 fully saturated rings. The zero-order valence-electron chi connectivity index (χ0n) is 25.2. The van der Waals surface area contributed by atoms with Crippen molar-refractivity contribution in [1.29, 1.82) is 0 Å². The molecule has 3 aromatic carbocycles. The Morgan fingerprint density at radius 1 is 0.976 bits per heavy atom. The Balaban J connectivity index is 1.63. The van der Waals surface area contributed by atoms with Crippen molar-refractivity contribution in [3.05, 3.63) is 95.3 Å². The summed E-state index contributed by atoms with van der Waals surface area (Å²) in [5, 5.41) is -0.338.